The number of aryl methyl sites for hydroxylation is 1. The molecule has 0 atom stereocenters. The number of ether oxygens (including phenoxy) is 1. The highest BCUT2D eigenvalue weighted by molar-refractivity contribution is 7.21. The second kappa shape index (κ2) is 8.69. The number of nitrogen functional groups attached to an aromatic ring is 2. The molecule has 7 heteroatoms. The fourth-order valence-electron chi connectivity index (χ4n) is 3.65. The number of anilines is 2. The van der Waals surface area contributed by atoms with Gasteiger partial charge in [-0.05, 0) is 48.7 Å². The van der Waals surface area contributed by atoms with Crippen LogP contribution in [0.3, 0.4) is 0 Å². The first-order chi connectivity index (χ1) is 15.5. The number of carbonyl (C=O) groups is 1. The molecule has 2 aromatic carbocycles. The third kappa shape index (κ3) is 3.66. The lowest BCUT2D eigenvalue weighted by Crippen LogP contribution is -2.03. The van der Waals surface area contributed by atoms with Crippen LogP contribution in [-0.2, 0) is 6.42 Å². The Morgan fingerprint density at radius 2 is 1.78 bits per heavy atom. The number of fused-ring (bicyclic) bond motifs is 1. The number of nitrogens with two attached hydrogens (primary N) is 2. The Balaban J connectivity index is 1.89. The first kappa shape index (κ1) is 21.3. The van der Waals surface area contributed by atoms with Crippen molar-refractivity contribution in [2.75, 3.05) is 18.1 Å². The van der Waals surface area contributed by atoms with E-state index in [0.29, 0.717) is 44.3 Å². The van der Waals surface area contributed by atoms with E-state index in [9.17, 15) is 10.1 Å². The average Bonchev–Trinajstić information content (AvgIpc) is 3.14. The van der Waals surface area contributed by atoms with E-state index in [2.05, 4.69) is 18.0 Å². The number of rotatable bonds is 6. The summed E-state index contributed by atoms with van der Waals surface area (Å²) in [6.45, 7) is 4.53. The van der Waals surface area contributed by atoms with Crippen LogP contribution in [0.2, 0.25) is 0 Å². The van der Waals surface area contributed by atoms with Gasteiger partial charge in [0.2, 0.25) is 5.78 Å². The van der Waals surface area contributed by atoms with Crippen LogP contribution in [0.15, 0.2) is 48.5 Å². The van der Waals surface area contributed by atoms with E-state index < -0.39 is 0 Å². The van der Waals surface area contributed by atoms with Gasteiger partial charge in [0, 0.05) is 16.5 Å². The van der Waals surface area contributed by atoms with Crippen molar-refractivity contribution in [3.63, 3.8) is 0 Å². The highest BCUT2D eigenvalue weighted by atomic mass is 32.1. The van der Waals surface area contributed by atoms with Gasteiger partial charge in [-0.3, -0.25) is 4.79 Å². The van der Waals surface area contributed by atoms with Crippen LogP contribution in [0.25, 0.3) is 21.3 Å². The van der Waals surface area contributed by atoms with Crippen LogP contribution in [-0.4, -0.2) is 17.4 Å². The fraction of sp³-hybridized carbons (Fsp3) is 0.160. The predicted molar refractivity (Wildman–Crippen MR) is 129 cm³/mol. The summed E-state index contributed by atoms with van der Waals surface area (Å²) in [7, 11) is 0. The van der Waals surface area contributed by atoms with Crippen molar-refractivity contribution in [2.45, 2.75) is 20.3 Å². The Morgan fingerprint density at radius 3 is 2.38 bits per heavy atom. The third-order valence-corrected chi connectivity index (χ3v) is 6.40. The second-order valence-corrected chi connectivity index (χ2v) is 8.22. The second-order valence-electron chi connectivity index (χ2n) is 7.22. The summed E-state index contributed by atoms with van der Waals surface area (Å²) in [4.78, 5) is 18.5. The SMILES string of the molecule is CCOc1ccc(C(=O)c2sc3nc(N)c(C#N)c(-c4ccc(CC)cc4)c3c2N)cc1. The zero-order valence-corrected chi connectivity index (χ0v) is 18.6. The Kier molecular flexibility index (Phi) is 5.80. The first-order valence-corrected chi connectivity index (χ1v) is 11.1. The molecular weight excluding hydrogens is 420 g/mol. The van der Waals surface area contributed by atoms with E-state index in [1.54, 1.807) is 24.3 Å². The lowest BCUT2D eigenvalue weighted by atomic mass is 9.95. The maximum Gasteiger partial charge on any atom is 0.205 e. The van der Waals surface area contributed by atoms with E-state index in [1.165, 1.54) is 16.9 Å². The molecule has 2 heterocycles. The number of thiophene rings is 1. The van der Waals surface area contributed by atoms with Gasteiger partial charge in [0.1, 0.15) is 32.9 Å². The lowest BCUT2D eigenvalue weighted by Gasteiger charge is -2.10. The molecule has 4 aromatic rings. The minimum Gasteiger partial charge on any atom is -0.494 e. The van der Waals surface area contributed by atoms with Crippen molar-refractivity contribution >= 4 is 38.8 Å². The molecule has 0 spiro atoms. The number of nitriles is 1. The molecule has 0 saturated carbocycles. The highest BCUT2D eigenvalue weighted by Crippen LogP contribution is 2.43. The topological polar surface area (TPSA) is 115 Å². The molecule has 0 amide bonds. The smallest absolute Gasteiger partial charge is 0.205 e. The number of ketones is 1. The summed E-state index contributed by atoms with van der Waals surface area (Å²) < 4.78 is 5.45. The molecule has 160 valence electrons. The molecule has 0 aliphatic rings. The maximum atomic E-state index is 13.2. The van der Waals surface area contributed by atoms with Gasteiger partial charge in [-0.2, -0.15) is 5.26 Å². The van der Waals surface area contributed by atoms with Crippen molar-refractivity contribution in [2.24, 2.45) is 0 Å². The van der Waals surface area contributed by atoms with Crippen molar-refractivity contribution in [1.82, 2.24) is 4.98 Å². The summed E-state index contributed by atoms with van der Waals surface area (Å²) >= 11 is 1.18. The predicted octanol–water partition coefficient (Wildman–Crippen LogP) is 5.19. The summed E-state index contributed by atoms with van der Waals surface area (Å²) in [6, 6.07) is 17.0. The number of nitrogens with zero attached hydrogens (tertiary/aromatic N) is 2. The van der Waals surface area contributed by atoms with E-state index in [-0.39, 0.29) is 17.2 Å². The molecule has 0 fully saturated rings. The van der Waals surface area contributed by atoms with Gasteiger partial charge in [-0.25, -0.2) is 4.98 Å². The van der Waals surface area contributed by atoms with Crippen LogP contribution in [0.4, 0.5) is 11.5 Å². The molecule has 0 bridgehead atoms. The maximum absolute atomic E-state index is 13.2. The van der Waals surface area contributed by atoms with Crippen LogP contribution < -0.4 is 16.2 Å². The van der Waals surface area contributed by atoms with Crippen LogP contribution in [0.5, 0.6) is 5.75 Å². The third-order valence-electron chi connectivity index (χ3n) is 5.30. The quantitative estimate of drug-likeness (QED) is 0.397. The Labute approximate surface area is 190 Å². The normalized spacial score (nSPS) is 10.8. The molecule has 0 unspecified atom stereocenters. The zero-order valence-electron chi connectivity index (χ0n) is 17.8. The minimum atomic E-state index is -0.210. The molecule has 0 aliphatic carbocycles. The number of pyridine rings is 1. The van der Waals surface area contributed by atoms with Crippen molar-refractivity contribution in [1.29, 1.82) is 5.26 Å². The van der Waals surface area contributed by atoms with E-state index in [1.807, 2.05) is 31.2 Å². The van der Waals surface area contributed by atoms with E-state index >= 15 is 0 Å². The van der Waals surface area contributed by atoms with Gasteiger partial charge in [-0.1, -0.05) is 31.2 Å². The molecule has 6 nitrogen and oxygen atoms in total. The highest BCUT2D eigenvalue weighted by Gasteiger charge is 2.25. The van der Waals surface area contributed by atoms with Gasteiger partial charge in [0.25, 0.3) is 0 Å². The Hall–Kier alpha value is -3.89. The number of hydrogen-bond donors (Lipinski definition) is 2. The molecule has 0 saturated heterocycles. The summed E-state index contributed by atoms with van der Waals surface area (Å²) in [6.07, 6.45) is 0.903. The first-order valence-electron chi connectivity index (χ1n) is 10.3. The molecule has 0 aliphatic heterocycles. The van der Waals surface area contributed by atoms with Crippen LogP contribution >= 0.6 is 11.3 Å². The van der Waals surface area contributed by atoms with Gasteiger partial charge in [-0.15, -0.1) is 11.3 Å². The number of carbonyl (C=O) groups excluding carboxylic acids is 1. The fourth-order valence-corrected chi connectivity index (χ4v) is 4.72. The van der Waals surface area contributed by atoms with Gasteiger partial charge < -0.3 is 16.2 Å². The monoisotopic (exact) mass is 442 g/mol. The molecule has 32 heavy (non-hydrogen) atoms. The van der Waals surface area contributed by atoms with Crippen molar-refractivity contribution in [3.8, 4) is 22.9 Å². The summed E-state index contributed by atoms with van der Waals surface area (Å²) in [5, 5.41) is 10.4. The molecule has 2 aromatic heterocycles. The number of benzene rings is 2. The standard InChI is InChI=1S/C25H22N4O2S/c1-3-14-5-7-15(8-6-14)19-18(13-26)24(28)29-25-20(19)21(27)23(32-25)22(30)16-9-11-17(12-10-16)31-4-2/h5-12H,3-4,27H2,1-2H3,(H2,28,29). The zero-order chi connectivity index (χ0) is 22.8. The van der Waals surface area contributed by atoms with Crippen molar-refractivity contribution < 1.29 is 9.53 Å². The molecular formula is C25H22N4O2S. The lowest BCUT2D eigenvalue weighted by molar-refractivity contribution is 0.104. The number of aromatic nitrogens is 1. The molecule has 4 N–H and O–H groups in total. The van der Waals surface area contributed by atoms with Gasteiger partial charge in [0.15, 0.2) is 0 Å². The minimum absolute atomic E-state index is 0.121. The molecule has 0 radical (unpaired) electrons. The molecule has 4 rings (SSSR count). The van der Waals surface area contributed by atoms with E-state index in [4.69, 9.17) is 16.2 Å². The van der Waals surface area contributed by atoms with Crippen LogP contribution in [0.1, 0.15) is 40.2 Å². The van der Waals surface area contributed by atoms with E-state index in [0.717, 1.165) is 12.0 Å². The van der Waals surface area contributed by atoms with Crippen molar-refractivity contribution in [3.05, 3.63) is 70.1 Å². The number of hydrogen-bond acceptors (Lipinski definition) is 7. The largest absolute Gasteiger partial charge is 0.494 e. The summed E-state index contributed by atoms with van der Waals surface area (Å²) in [5.41, 5.74) is 16.3. The van der Waals surface area contributed by atoms with Crippen LogP contribution in [0, 0.1) is 11.3 Å². The summed E-state index contributed by atoms with van der Waals surface area (Å²) in [5.74, 6) is 0.605. The Bertz CT molecular complexity index is 1350. The average molecular weight is 443 g/mol. The Morgan fingerprint density at radius 1 is 1.09 bits per heavy atom. The van der Waals surface area contributed by atoms with Gasteiger partial charge in [0.05, 0.1) is 12.3 Å². The van der Waals surface area contributed by atoms with Gasteiger partial charge >= 0.3 is 0 Å².